The fraction of sp³-hybridized carbons (Fsp3) is 0.600. The molecule has 0 bridgehead atoms. The topological polar surface area (TPSA) is 87.8 Å². The molecule has 0 aromatic carbocycles. The number of alkyl halides is 3. The van der Waals surface area contributed by atoms with E-state index >= 15 is 0 Å². The van der Waals surface area contributed by atoms with Gasteiger partial charge in [-0.1, -0.05) is 0 Å². The molecule has 2 heterocycles. The van der Waals surface area contributed by atoms with Crippen molar-refractivity contribution >= 4 is 15.7 Å². The summed E-state index contributed by atoms with van der Waals surface area (Å²) in [6.07, 6.45) is -5.20. The van der Waals surface area contributed by atoms with Crippen molar-refractivity contribution in [1.82, 2.24) is 14.2 Å². The molecule has 1 unspecified atom stereocenters. The molecule has 21 heavy (non-hydrogen) atoms. The lowest BCUT2D eigenvalue weighted by molar-refractivity contribution is -0.291. The molecule has 0 radical (unpaired) electrons. The van der Waals surface area contributed by atoms with Crippen molar-refractivity contribution in [3.63, 3.8) is 0 Å². The molecule has 1 aliphatic rings. The van der Waals surface area contributed by atoms with Crippen LogP contribution < -0.4 is 0 Å². The van der Waals surface area contributed by atoms with Crippen LogP contribution in [0, 0.1) is 6.92 Å². The molecule has 1 N–H and O–H groups in total. The lowest BCUT2D eigenvalue weighted by Crippen LogP contribution is -2.56. The number of hydrogen-bond donors (Lipinski definition) is 1. The largest absolute Gasteiger partial charge is 0.439 e. The molecule has 118 valence electrons. The Labute approximate surface area is 118 Å². The lowest BCUT2D eigenvalue weighted by atomic mass is 10.1. The van der Waals surface area contributed by atoms with Gasteiger partial charge in [0.2, 0.25) is 0 Å². The number of hydrazone groups is 1. The molecule has 1 aromatic rings. The molecule has 0 aliphatic carbocycles. The van der Waals surface area contributed by atoms with Crippen molar-refractivity contribution in [1.29, 1.82) is 0 Å². The fourth-order valence-electron chi connectivity index (χ4n) is 1.98. The van der Waals surface area contributed by atoms with Gasteiger partial charge in [0.25, 0.3) is 15.7 Å². The molecule has 2 rings (SSSR count). The first-order chi connectivity index (χ1) is 9.41. The maximum atomic E-state index is 13.1. The fourth-order valence-corrected chi connectivity index (χ4v) is 3.67. The summed E-state index contributed by atoms with van der Waals surface area (Å²) in [5.74, 6) is 0. The summed E-state index contributed by atoms with van der Waals surface area (Å²) in [5.41, 5.74) is -3.59. The van der Waals surface area contributed by atoms with Crippen LogP contribution in [0.25, 0.3) is 0 Å². The minimum atomic E-state index is -5.18. The number of aromatic nitrogens is 2. The van der Waals surface area contributed by atoms with Gasteiger partial charge in [-0.15, -0.1) is 4.41 Å². The second kappa shape index (κ2) is 4.44. The molecule has 0 saturated heterocycles. The monoisotopic (exact) mass is 326 g/mol. The molecule has 1 aliphatic heterocycles. The molecule has 11 heteroatoms. The Kier molecular flexibility index (Phi) is 3.33. The maximum Gasteiger partial charge on any atom is 0.439 e. The normalized spacial score (nSPS) is 23.6. The average Bonchev–Trinajstić information content (AvgIpc) is 2.81. The van der Waals surface area contributed by atoms with Crippen LogP contribution >= 0.6 is 0 Å². The molecule has 7 nitrogen and oxygen atoms in total. The van der Waals surface area contributed by atoms with Crippen LogP contribution in [0.3, 0.4) is 0 Å². The van der Waals surface area contributed by atoms with Crippen LogP contribution in [0.15, 0.2) is 16.2 Å². The zero-order valence-corrected chi connectivity index (χ0v) is 12.2. The van der Waals surface area contributed by atoms with E-state index in [1.54, 1.807) is 0 Å². The van der Waals surface area contributed by atoms with Crippen LogP contribution in [-0.2, 0) is 17.1 Å². The summed E-state index contributed by atoms with van der Waals surface area (Å²) in [4.78, 5) is -0.439. The van der Waals surface area contributed by atoms with Crippen molar-refractivity contribution in [2.24, 2.45) is 12.1 Å². The van der Waals surface area contributed by atoms with E-state index in [4.69, 9.17) is 0 Å². The summed E-state index contributed by atoms with van der Waals surface area (Å²) < 4.78 is 64.9. The van der Waals surface area contributed by atoms with E-state index in [9.17, 15) is 26.7 Å². The first-order valence-electron chi connectivity index (χ1n) is 5.78. The summed E-state index contributed by atoms with van der Waals surface area (Å²) >= 11 is 0. The van der Waals surface area contributed by atoms with Gasteiger partial charge in [-0.25, -0.2) is 0 Å². The van der Waals surface area contributed by atoms with Gasteiger partial charge in [0.1, 0.15) is 4.90 Å². The highest BCUT2D eigenvalue weighted by Crippen LogP contribution is 2.43. The van der Waals surface area contributed by atoms with Gasteiger partial charge in [0.05, 0.1) is 11.9 Å². The number of hydrogen-bond acceptors (Lipinski definition) is 5. The van der Waals surface area contributed by atoms with E-state index < -0.39 is 33.2 Å². The zero-order valence-electron chi connectivity index (χ0n) is 11.4. The van der Waals surface area contributed by atoms with Crippen molar-refractivity contribution < 1.29 is 26.7 Å². The average molecular weight is 326 g/mol. The molecule has 0 amide bonds. The number of sulfonamides is 1. The Morgan fingerprint density at radius 3 is 2.38 bits per heavy atom. The smallest absolute Gasteiger partial charge is 0.361 e. The molecule has 1 atom stereocenters. The van der Waals surface area contributed by atoms with Crippen molar-refractivity contribution in [2.45, 2.75) is 37.1 Å². The second-order valence-electron chi connectivity index (χ2n) is 4.79. The van der Waals surface area contributed by atoms with E-state index in [2.05, 4.69) is 10.2 Å². The van der Waals surface area contributed by atoms with E-state index in [-0.39, 0.29) is 15.8 Å². The highest BCUT2D eigenvalue weighted by Gasteiger charge is 2.64. The summed E-state index contributed by atoms with van der Waals surface area (Å²) in [5, 5.41) is 16.9. The third kappa shape index (κ3) is 2.20. The Balaban J connectivity index is 2.60. The molecule has 0 saturated carbocycles. The van der Waals surface area contributed by atoms with Gasteiger partial charge in [-0.2, -0.15) is 31.8 Å². The Morgan fingerprint density at radius 2 is 1.95 bits per heavy atom. The van der Waals surface area contributed by atoms with Gasteiger partial charge in [-0.3, -0.25) is 4.68 Å². The highest BCUT2D eigenvalue weighted by atomic mass is 32.2. The Morgan fingerprint density at radius 1 is 1.38 bits per heavy atom. The Hall–Kier alpha value is -1.62. The second-order valence-corrected chi connectivity index (χ2v) is 6.53. The summed E-state index contributed by atoms with van der Waals surface area (Å²) in [7, 11) is -3.23. The maximum absolute atomic E-state index is 13.1. The van der Waals surface area contributed by atoms with E-state index in [1.165, 1.54) is 25.6 Å². The number of rotatable bonds is 2. The van der Waals surface area contributed by atoms with Crippen LogP contribution in [0.5, 0.6) is 0 Å². The van der Waals surface area contributed by atoms with Crippen LogP contribution in [0.1, 0.15) is 19.0 Å². The third-order valence-corrected chi connectivity index (χ3v) is 5.03. The predicted molar refractivity (Wildman–Crippen MR) is 65.7 cm³/mol. The van der Waals surface area contributed by atoms with E-state index in [1.807, 2.05) is 0 Å². The molecule has 1 aromatic heterocycles. The quantitative estimate of drug-likeness (QED) is 0.869. The van der Waals surface area contributed by atoms with E-state index in [0.717, 1.165) is 6.20 Å². The standard InChI is InChI=1S/C10H13F3N4O3S/c1-6-4-9(18,10(11,12)13)17(15-6)21(19,20)8-5-14-16(3)7(8)2/h5,18H,4H2,1-3H3. The summed E-state index contributed by atoms with van der Waals surface area (Å²) in [6.45, 7) is 2.60. The van der Waals surface area contributed by atoms with Crippen LogP contribution in [0.4, 0.5) is 13.2 Å². The SMILES string of the molecule is CC1=NN(S(=O)(=O)c2cnn(C)c2C)C(O)(C(F)(F)F)C1. The first kappa shape index (κ1) is 15.8. The zero-order chi connectivity index (χ0) is 16.2. The van der Waals surface area contributed by atoms with Crippen molar-refractivity contribution in [3.8, 4) is 0 Å². The van der Waals surface area contributed by atoms with Gasteiger partial charge < -0.3 is 5.11 Å². The van der Waals surface area contributed by atoms with Crippen molar-refractivity contribution in [2.75, 3.05) is 0 Å². The third-order valence-electron chi connectivity index (χ3n) is 3.23. The van der Waals surface area contributed by atoms with Crippen LogP contribution in [0.2, 0.25) is 0 Å². The van der Waals surface area contributed by atoms with E-state index in [0.29, 0.717) is 0 Å². The van der Waals surface area contributed by atoms with Crippen molar-refractivity contribution in [3.05, 3.63) is 11.9 Å². The highest BCUT2D eigenvalue weighted by molar-refractivity contribution is 7.89. The minimum Gasteiger partial charge on any atom is -0.361 e. The first-order valence-corrected chi connectivity index (χ1v) is 7.22. The number of nitrogens with zero attached hydrogens (tertiary/aromatic N) is 4. The van der Waals surface area contributed by atoms with Crippen LogP contribution in [-0.4, -0.2) is 45.3 Å². The molecule has 0 spiro atoms. The van der Waals surface area contributed by atoms with Gasteiger partial charge in [-0.05, 0) is 13.8 Å². The minimum absolute atomic E-state index is 0.138. The molecule has 0 fully saturated rings. The number of halogens is 3. The summed E-state index contributed by atoms with van der Waals surface area (Å²) in [6, 6.07) is 0. The van der Waals surface area contributed by atoms with Gasteiger partial charge in [0, 0.05) is 19.2 Å². The van der Waals surface area contributed by atoms with Gasteiger partial charge in [0.15, 0.2) is 0 Å². The predicted octanol–water partition coefficient (Wildman–Crippen LogP) is 0.750. The Bertz CT molecular complexity index is 710. The molecular weight excluding hydrogens is 313 g/mol. The molecular formula is C10H13F3N4O3S. The number of aryl methyl sites for hydroxylation is 1. The number of aliphatic hydroxyl groups is 1. The lowest BCUT2D eigenvalue weighted by Gasteiger charge is -2.32. The van der Waals surface area contributed by atoms with Gasteiger partial charge >= 0.3 is 6.18 Å².